The Labute approximate surface area is 110 Å². The van der Waals surface area contributed by atoms with E-state index in [1.807, 2.05) is 0 Å². The predicted molar refractivity (Wildman–Crippen MR) is 67.1 cm³/mol. The summed E-state index contributed by atoms with van der Waals surface area (Å²) in [6.45, 7) is 3.35. The van der Waals surface area contributed by atoms with Gasteiger partial charge in [0.25, 0.3) is 5.88 Å². The molecule has 0 unspecified atom stereocenters. The topological polar surface area (TPSA) is 95.3 Å². The number of nitrogens with zero attached hydrogens (tertiary/aromatic N) is 4. The third-order valence-electron chi connectivity index (χ3n) is 2.04. The lowest BCUT2D eigenvalue weighted by molar-refractivity contribution is -0.132. The van der Waals surface area contributed by atoms with Crippen LogP contribution in [-0.4, -0.2) is 42.1 Å². The molecular formula is C11H14N4O4. The number of ether oxygens (including phenoxy) is 1. The van der Waals surface area contributed by atoms with Gasteiger partial charge in [-0.05, 0) is 13.8 Å². The van der Waals surface area contributed by atoms with Crippen molar-refractivity contribution in [3.05, 3.63) is 17.6 Å². The number of hydrogen-bond acceptors (Lipinski definition) is 8. The average molecular weight is 266 g/mol. The Balaban J connectivity index is 3.36. The zero-order chi connectivity index (χ0) is 14.3. The van der Waals surface area contributed by atoms with Crippen LogP contribution < -0.4 is 4.84 Å². The molecule has 19 heavy (non-hydrogen) atoms. The maximum Gasteiger partial charge on any atom is 0.361 e. The van der Waals surface area contributed by atoms with Gasteiger partial charge in [0, 0.05) is 6.21 Å². The molecule has 8 nitrogen and oxygen atoms in total. The summed E-state index contributed by atoms with van der Waals surface area (Å²) < 4.78 is 4.63. The predicted octanol–water partition coefficient (Wildman–Crippen LogP) is 0.693. The zero-order valence-electron chi connectivity index (χ0n) is 11.1. The first-order chi connectivity index (χ1) is 9.15. The van der Waals surface area contributed by atoms with Gasteiger partial charge >= 0.3 is 5.97 Å². The van der Waals surface area contributed by atoms with E-state index in [9.17, 15) is 4.79 Å². The Morgan fingerprint density at radius 1 is 1.37 bits per heavy atom. The molecule has 0 spiro atoms. The average Bonchev–Trinajstić information content (AvgIpc) is 2.42. The molecule has 102 valence electrons. The van der Waals surface area contributed by atoms with Crippen molar-refractivity contribution in [1.82, 2.24) is 9.97 Å². The van der Waals surface area contributed by atoms with Gasteiger partial charge in [0.15, 0.2) is 0 Å². The molecule has 1 aromatic rings. The van der Waals surface area contributed by atoms with Gasteiger partial charge in [-0.3, -0.25) is 0 Å². The number of hydrogen-bond donors (Lipinski definition) is 0. The highest BCUT2D eigenvalue weighted by atomic mass is 16.6. The molecule has 0 N–H and O–H groups in total. The van der Waals surface area contributed by atoms with E-state index in [4.69, 9.17) is 4.84 Å². The summed E-state index contributed by atoms with van der Waals surface area (Å²) in [6, 6.07) is 0. The van der Waals surface area contributed by atoms with Crippen molar-refractivity contribution in [3.8, 4) is 5.88 Å². The maximum absolute atomic E-state index is 11.7. The molecule has 0 aliphatic heterocycles. The number of aromatic nitrogens is 2. The van der Waals surface area contributed by atoms with Gasteiger partial charge in [-0.2, -0.15) is 4.98 Å². The standard InChI is InChI=1S/C11H14N4O4/c1-5-14-19-10-8(7(2)12-6-13-10)9(15-18-4)11(16)17-3/h5-6H,1-4H3/b14-5?,15-9+. The van der Waals surface area contributed by atoms with Crippen molar-refractivity contribution < 1.29 is 19.2 Å². The molecule has 0 aliphatic carbocycles. The molecule has 0 radical (unpaired) electrons. The molecule has 0 amide bonds. The van der Waals surface area contributed by atoms with Crippen LogP contribution in [0, 0.1) is 6.92 Å². The summed E-state index contributed by atoms with van der Waals surface area (Å²) in [4.78, 5) is 29.3. The van der Waals surface area contributed by atoms with E-state index in [1.54, 1.807) is 13.8 Å². The molecule has 1 heterocycles. The number of carbonyl (C=O) groups excluding carboxylic acids is 1. The van der Waals surface area contributed by atoms with Crippen LogP contribution in [-0.2, 0) is 14.4 Å². The largest absolute Gasteiger partial charge is 0.464 e. The Morgan fingerprint density at radius 3 is 2.68 bits per heavy atom. The van der Waals surface area contributed by atoms with Crippen LogP contribution in [0.2, 0.25) is 0 Å². The van der Waals surface area contributed by atoms with Crippen molar-refractivity contribution in [2.24, 2.45) is 10.3 Å². The highest BCUT2D eigenvalue weighted by Gasteiger charge is 2.24. The Kier molecular flexibility index (Phi) is 5.39. The van der Waals surface area contributed by atoms with Gasteiger partial charge in [0.05, 0.1) is 18.4 Å². The monoisotopic (exact) mass is 266 g/mol. The summed E-state index contributed by atoms with van der Waals surface area (Å²) in [5, 5.41) is 7.23. The molecule has 0 aliphatic rings. The summed E-state index contributed by atoms with van der Waals surface area (Å²) >= 11 is 0. The summed E-state index contributed by atoms with van der Waals surface area (Å²) in [6.07, 6.45) is 2.73. The lowest BCUT2D eigenvalue weighted by Gasteiger charge is -2.09. The van der Waals surface area contributed by atoms with E-state index in [0.717, 1.165) is 0 Å². The van der Waals surface area contributed by atoms with Crippen LogP contribution in [0.25, 0.3) is 0 Å². The quantitative estimate of drug-likeness (QED) is 0.442. The highest BCUT2D eigenvalue weighted by Crippen LogP contribution is 2.19. The minimum Gasteiger partial charge on any atom is -0.464 e. The summed E-state index contributed by atoms with van der Waals surface area (Å²) in [7, 11) is 2.55. The molecule has 1 aromatic heterocycles. The van der Waals surface area contributed by atoms with Crippen molar-refractivity contribution in [3.63, 3.8) is 0 Å². The van der Waals surface area contributed by atoms with Crippen LogP contribution >= 0.6 is 0 Å². The van der Waals surface area contributed by atoms with Gasteiger partial charge in [-0.15, -0.1) is 0 Å². The number of esters is 1. The molecule has 0 fully saturated rings. The van der Waals surface area contributed by atoms with Crippen LogP contribution in [0.5, 0.6) is 5.88 Å². The number of oxime groups is 2. The molecule has 0 bridgehead atoms. The number of rotatable bonds is 5. The van der Waals surface area contributed by atoms with E-state index in [2.05, 4.69) is 29.9 Å². The van der Waals surface area contributed by atoms with Gasteiger partial charge in [-0.1, -0.05) is 10.3 Å². The van der Waals surface area contributed by atoms with E-state index in [1.165, 1.54) is 26.8 Å². The van der Waals surface area contributed by atoms with E-state index >= 15 is 0 Å². The number of carbonyl (C=O) groups is 1. The molecule has 0 saturated heterocycles. The normalized spacial score (nSPS) is 11.5. The van der Waals surface area contributed by atoms with Crippen molar-refractivity contribution in [1.29, 1.82) is 0 Å². The lowest BCUT2D eigenvalue weighted by Crippen LogP contribution is -2.20. The number of methoxy groups -OCH3 is 1. The first-order valence-electron chi connectivity index (χ1n) is 5.32. The van der Waals surface area contributed by atoms with E-state index in [0.29, 0.717) is 5.69 Å². The second kappa shape index (κ2) is 7.04. The Bertz CT molecular complexity index is 513. The number of aryl methyl sites for hydroxylation is 1. The second-order valence-corrected chi connectivity index (χ2v) is 3.21. The molecule has 1 rings (SSSR count). The first kappa shape index (κ1) is 14.6. The molecule has 0 saturated carbocycles. The Hall–Kier alpha value is -2.51. The van der Waals surface area contributed by atoms with Gasteiger partial charge in [0.2, 0.25) is 5.71 Å². The maximum atomic E-state index is 11.7. The minimum atomic E-state index is -0.690. The van der Waals surface area contributed by atoms with Crippen LogP contribution in [0.4, 0.5) is 0 Å². The fourth-order valence-electron chi connectivity index (χ4n) is 1.27. The molecule has 0 aromatic carbocycles. The third-order valence-corrected chi connectivity index (χ3v) is 2.04. The van der Waals surface area contributed by atoms with Crippen LogP contribution in [0.1, 0.15) is 18.2 Å². The fraction of sp³-hybridized carbons (Fsp3) is 0.364. The summed E-state index contributed by atoms with van der Waals surface area (Å²) in [5.74, 6) is -0.600. The van der Waals surface area contributed by atoms with Crippen molar-refractivity contribution in [2.75, 3.05) is 14.2 Å². The lowest BCUT2D eigenvalue weighted by atomic mass is 10.1. The molecule has 8 heteroatoms. The highest BCUT2D eigenvalue weighted by molar-refractivity contribution is 6.43. The Morgan fingerprint density at radius 2 is 2.11 bits per heavy atom. The van der Waals surface area contributed by atoms with Gasteiger partial charge in [0.1, 0.15) is 13.4 Å². The van der Waals surface area contributed by atoms with Gasteiger partial charge in [-0.25, -0.2) is 9.78 Å². The van der Waals surface area contributed by atoms with Crippen molar-refractivity contribution >= 4 is 17.9 Å². The SMILES string of the molecule is CC=NOc1ncnc(C)c1/C(=N\OC)C(=O)OC. The van der Waals surface area contributed by atoms with Crippen molar-refractivity contribution in [2.45, 2.75) is 13.8 Å². The molecule has 0 atom stereocenters. The molecular weight excluding hydrogens is 252 g/mol. The van der Waals surface area contributed by atoms with Crippen LogP contribution in [0.15, 0.2) is 16.6 Å². The van der Waals surface area contributed by atoms with Gasteiger partial charge < -0.3 is 14.4 Å². The smallest absolute Gasteiger partial charge is 0.361 e. The zero-order valence-corrected chi connectivity index (χ0v) is 11.1. The second-order valence-electron chi connectivity index (χ2n) is 3.21. The minimum absolute atomic E-state index is 0.0896. The summed E-state index contributed by atoms with van der Waals surface area (Å²) in [5.41, 5.74) is 0.656. The van der Waals surface area contributed by atoms with E-state index < -0.39 is 5.97 Å². The van der Waals surface area contributed by atoms with E-state index in [-0.39, 0.29) is 17.2 Å². The fourth-order valence-corrected chi connectivity index (χ4v) is 1.27. The first-order valence-corrected chi connectivity index (χ1v) is 5.32. The van der Waals surface area contributed by atoms with Crippen LogP contribution in [0.3, 0.4) is 0 Å². The third kappa shape index (κ3) is 3.47.